The van der Waals surface area contributed by atoms with Crippen LogP contribution in [0, 0.1) is 0 Å². The van der Waals surface area contributed by atoms with Crippen molar-refractivity contribution in [3.05, 3.63) is 18.2 Å². The van der Waals surface area contributed by atoms with E-state index in [1.807, 2.05) is 0 Å². The minimum atomic E-state index is -0.346. The van der Waals surface area contributed by atoms with Crippen molar-refractivity contribution in [3.63, 3.8) is 0 Å². The molecule has 0 amide bonds. The van der Waals surface area contributed by atoms with Crippen LogP contribution in [-0.4, -0.2) is 31.4 Å². The van der Waals surface area contributed by atoms with E-state index in [-0.39, 0.29) is 26.9 Å². The van der Waals surface area contributed by atoms with Gasteiger partial charge >= 0.3 is 71.1 Å². The molecule has 0 atom stereocenters. The molecular weight excluding hydrogens is 205 g/mol. The molecule has 1 aromatic rings. The summed E-state index contributed by atoms with van der Waals surface area (Å²) in [5.41, 5.74) is 6.11. The van der Waals surface area contributed by atoms with Gasteiger partial charge < -0.3 is 0 Å². The summed E-state index contributed by atoms with van der Waals surface area (Å²) in [5, 5.41) is 18.0. The fourth-order valence-electron chi connectivity index (χ4n) is 0.743. The molecule has 11 heavy (non-hydrogen) atoms. The third-order valence-electron chi connectivity index (χ3n) is 1.24. The van der Waals surface area contributed by atoms with Gasteiger partial charge in [0.05, 0.1) is 0 Å². The summed E-state index contributed by atoms with van der Waals surface area (Å²) in [6.07, 6.45) is 0. The molecule has 4 heteroatoms. The van der Waals surface area contributed by atoms with Crippen molar-refractivity contribution in [3.8, 4) is 5.75 Å². The fraction of sp³-hybridized carbons (Fsp3) is 0.143. The van der Waals surface area contributed by atoms with Crippen LogP contribution in [0.4, 0.5) is 5.69 Å². The molecule has 1 rings (SSSR count). The number of anilines is 1. The quantitative estimate of drug-likeness (QED) is 0.345. The molecule has 0 aromatic heterocycles. The van der Waals surface area contributed by atoms with Crippen LogP contribution in [0.3, 0.4) is 0 Å². The summed E-state index contributed by atoms with van der Waals surface area (Å²) in [6, 6.07) is 4.89. The molecule has 0 aliphatic rings. The van der Waals surface area contributed by atoms with Crippen LogP contribution in [0.2, 0.25) is 0 Å². The van der Waals surface area contributed by atoms with Crippen LogP contribution in [0.1, 0.15) is 0 Å². The van der Waals surface area contributed by atoms with Gasteiger partial charge in [-0.15, -0.1) is 0 Å². The first-order valence-electron chi connectivity index (χ1n) is 3.11. The van der Waals surface area contributed by atoms with Crippen LogP contribution < -0.4 is 10.1 Å². The second kappa shape index (κ2) is 3.65. The summed E-state index contributed by atoms with van der Waals surface area (Å²) < 4.78 is 0.781. The molecule has 0 bridgehead atoms. The molecule has 59 valence electrons. The van der Waals surface area contributed by atoms with Crippen molar-refractivity contribution < 1.29 is 10.2 Å². The minimum absolute atomic E-state index is 0.119. The molecule has 1 aromatic carbocycles. The van der Waals surface area contributed by atoms with Gasteiger partial charge in [0, 0.05) is 0 Å². The number of phenols is 1. The molecule has 0 spiro atoms. The van der Waals surface area contributed by atoms with Crippen LogP contribution >= 0.6 is 0 Å². The number of nitrogens with two attached hydrogens (primary N) is 1. The van der Waals surface area contributed by atoms with Crippen molar-refractivity contribution in [2.45, 2.75) is 0 Å². The number of aliphatic hydroxyl groups is 1. The zero-order chi connectivity index (χ0) is 8.27. The first-order chi connectivity index (χ1) is 5.24. The number of hydrogen-bond donors (Lipinski definition) is 3. The number of nitrogen functional groups attached to an aromatic ring is 1. The van der Waals surface area contributed by atoms with Gasteiger partial charge in [-0.3, -0.25) is 0 Å². The average molecular weight is 214 g/mol. The fourth-order valence-corrected chi connectivity index (χ4v) is 2.06. The van der Waals surface area contributed by atoms with Gasteiger partial charge in [-0.05, 0) is 0 Å². The molecule has 4 N–H and O–H groups in total. The third kappa shape index (κ3) is 2.14. The summed E-state index contributed by atoms with van der Waals surface area (Å²) in [5.74, 6) is 0.230. The maximum absolute atomic E-state index is 9.22. The van der Waals surface area contributed by atoms with Crippen molar-refractivity contribution in [1.82, 2.24) is 0 Å². The molecular formula is C7H9AsNO2. The Morgan fingerprint density at radius 3 is 2.82 bits per heavy atom. The topological polar surface area (TPSA) is 66.5 Å². The Kier molecular flexibility index (Phi) is 2.80. The molecule has 1 radical (unpaired) electrons. The normalized spacial score (nSPS) is 11.0. The van der Waals surface area contributed by atoms with E-state index in [0.29, 0.717) is 5.69 Å². The number of aromatic hydroxyl groups is 1. The number of phenolic OH excluding ortho intramolecular Hbond substituents is 1. The Bertz CT molecular complexity index is 252. The van der Waals surface area contributed by atoms with Crippen LogP contribution in [0.25, 0.3) is 0 Å². The number of benzene rings is 1. The van der Waals surface area contributed by atoms with E-state index in [4.69, 9.17) is 10.8 Å². The first-order valence-corrected chi connectivity index (χ1v) is 5.37. The van der Waals surface area contributed by atoms with E-state index < -0.39 is 0 Å². The van der Waals surface area contributed by atoms with Crippen LogP contribution in [0.5, 0.6) is 5.75 Å². The molecule has 0 saturated carbocycles. The van der Waals surface area contributed by atoms with Gasteiger partial charge in [0.25, 0.3) is 0 Å². The summed E-state index contributed by atoms with van der Waals surface area (Å²) in [4.78, 5) is 0. The van der Waals surface area contributed by atoms with E-state index in [2.05, 4.69) is 0 Å². The second-order valence-electron chi connectivity index (χ2n) is 2.05. The van der Waals surface area contributed by atoms with E-state index >= 15 is 0 Å². The van der Waals surface area contributed by atoms with E-state index in [1.54, 1.807) is 18.2 Å². The predicted octanol–water partition coefficient (Wildman–Crippen LogP) is -0.746. The SMILES string of the molecule is Nc1ccc(O)c([As]CO)c1. The van der Waals surface area contributed by atoms with Gasteiger partial charge in [-0.1, -0.05) is 0 Å². The monoisotopic (exact) mass is 214 g/mol. The zero-order valence-electron chi connectivity index (χ0n) is 5.86. The second-order valence-corrected chi connectivity index (χ2v) is 4.32. The number of rotatable bonds is 2. The average Bonchev–Trinajstić information content (AvgIpc) is 1.98. The third-order valence-corrected chi connectivity index (χ3v) is 3.00. The maximum atomic E-state index is 9.22. The van der Waals surface area contributed by atoms with Crippen molar-refractivity contribution in [1.29, 1.82) is 0 Å². The van der Waals surface area contributed by atoms with Crippen molar-refractivity contribution in [2.24, 2.45) is 0 Å². The van der Waals surface area contributed by atoms with Gasteiger partial charge in [-0.25, -0.2) is 0 Å². The Morgan fingerprint density at radius 1 is 1.45 bits per heavy atom. The standard InChI is InChI=1S/C7H9AsNO2/c9-5-1-2-7(11)6(3-5)8-4-10/h1-3,10-11H,4,9H2. The molecule has 0 heterocycles. The summed E-state index contributed by atoms with van der Waals surface area (Å²) in [6.45, 7) is 0. The summed E-state index contributed by atoms with van der Waals surface area (Å²) >= 11 is -0.346. The molecule has 0 unspecified atom stereocenters. The Morgan fingerprint density at radius 2 is 2.18 bits per heavy atom. The molecule has 0 aliphatic heterocycles. The van der Waals surface area contributed by atoms with E-state index in [1.165, 1.54) is 0 Å². The summed E-state index contributed by atoms with van der Waals surface area (Å²) in [7, 11) is 0. The van der Waals surface area contributed by atoms with Crippen molar-refractivity contribution >= 4 is 25.8 Å². The van der Waals surface area contributed by atoms with Crippen molar-refractivity contribution in [2.75, 3.05) is 11.1 Å². The Hall–Kier alpha value is -0.662. The number of aliphatic hydroxyl groups excluding tert-OH is 1. The Labute approximate surface area is 71.5 Å². The zero-order valence-corrected chi connectivity index (χ0v) is 7.73. The predicted molar refractivity (Wildman–Crippen MR) is 45.0 cm³/mol. The number of hydrogen-bond acceptors (Lipinski definition) is 3. The van der Waals surface area contributed by atoms with Crippen LogP contribution in [-0.2, 0) is 0 Å². The first kappa shape index (κ1) is 8.44. The molecule has 3 nitrogen and oxygen atoms in total. The molecule has 0 aliphatic carbocycles. The van der Waals surface area contributed by atoms with E-state index in [0.717, 1.165) is 4.35 Å². The van der Waals surface area contributed by atoms with Crippen LogP contribution in [0.15, 0.2) is 18.2 Å². The molecule has 0 saturated heterocycles. The van der Waals surface area contributed by atoms with E-state index in [9.17, 15) is 5.11 Å². The van der Waals surface area contributed by atoms with Gasteiger partial charge in [-0.2, -0.15) is 0 Å². The van der Waals surface area contributed by atoms with Gasteiger partial charge in [0.1, 0.15) is 0 Å². The van der Waals surface area contributed by atoms with Gasteiger partial charge in [0.2, 0.25) is 0 Å². The molecule has 0 fully saturated rings. The van der Waals surface area contributed by atoms with Gasteiger partial charge in [0.15, 0.2) is 0 Å². The Balaban J connectivity index is 2.93.